The van der Waals surface area contributed by atoms with Gasteiger partial charge in [-0.25, -0.2) is 0 Å². The molecule has 1 rings (SSSR count). The van der Waals surface area contributed by atoms with Gasteiger partial charge in [-0.05, 0) is 37.7 Å². The Kier molecular flexibility index (Phi) is 5.58. The van der Waals surface area contributed by atoms with Crippen LogP contribution in [0, 0.1) is 6.92 Å². The first-order valence-electron chi connectivity index (χ1n) is 5.78. The predicted molar refractivity (Wildman–Crippen MR) is 76.7 cm³/mol. The molecule has 0 aliphatic heterocycles. The second kappa shape index (κ2) is 6.96. The highest BCUT2D eigenvalue weighted by molar-refractivity contribution is 7.80. The van der Waals surface area contributed by atoms with Crippen LogP contribution in [0.25, 0.3) is 0 Å². The summed E-state index contributed by atoms with van der Waals surface area (Å²) < 4.78 is 4.87. The lowest BCUT2D eigenvalue weighted by Crippen LogP contribution is -2.36. The van der Waals surface area contributed by atoms with Crippen molar-refractivity contribution in [3.05, 3.63) is 29.8 Å². The van der Waals surface area contributed by atoms with Gasteiger partial charge in [0, 0.05) is 12.7 Å². The molecule has 0 aliphatic carbocycles. The van der Waals surface area contributed by atoms with E-state index in [4.69, 9.17) is 17.0 Å². The van der Waals surface area contributed by atoms with Gasteiger partial charge in [0.25, 0.3) is 0 Å². The van der Waals surface area contributed by atoms with Crippen LogP contribution < -0.4 is 5.32 Å². The largest absolute Gasteiger partial charge is 0.465 e. The van der Waals surface area contributed by atoms with Crippen molar-refractivity contribution in [3.63, 3.8) is 0 Å². The third-order valence-corrected chi connectivity index (χ3v) is 2.82. The molecule has 0 radical (unpaired) electrons. The van der Waals surface area contributed by atoms with E-state index in [-0.39, 0.29) is 12.5 Å². The number of para-hydroxylation sites is 1. The van der Waals surface area contributed by atoms with E-state index >= 15 is 0 Å². The van der Waals surface area contributed by atoms with E-state index < -0.39 is 0 Å². The summed E-state index contributed by atoms with van der Waals surface area (Å²) in [5.74, 6) is -0.283. The predicted octanol–water partition coefficient (Wildman–Crippen LogP) is 2.19. The van der Waals surface area contributed by atoms with Crippen molar-refractivity contribution in [1.82, 2.24) is 4.90 Å². The lowest BCUT2D eigenvalue weighted by molar-refractivity contribution is -0.143. The molecule has 0 heterocycles. The smallest absolute Gasteiger partial charge is 0.325 e. The monoisotopic (exact) mass is 266 g/mol. The zero-order valence-electron chi connectivity index (χ0n) is 10.9. The molecule has 18 heavy (non-hydrogen) atoms. The molecule has 0 saturated carbocycles. The molecule has 5 heteroatoms. The first-order valence-corrected chi connectivity index (χ1v) is 6.18. The highest BCUT2D eigenvalue weighted by atomic mass is 32.1. The normalized spacial score (nSPS) is 9.72. The van der Waals surface area contributed by atoms with Crippen LogP contribution in [-0.2, 0) is 9.53 Å². The van der Waals surface area contributed by atoms with Crippen LogP contribution in [-0.4, -0.2) is 36.2 Å². The van der Waals surface area contributed by atoms with Crippen LogP contribution in [0.4, 0.5) is 5.69 Å². The zero-order chi connectivity index (χ0) is 13.5. The van der Waals surface area contributed by atoms with Crippen molar-refractivity contribution >= 4 is 29.0 Å². The topological polar surface area (TPSA) is 41.6 Å². The Labute approximate surface area is 113 Å². The lowest BCUT2D eigenvalue weighted by Gasteiger charge is -2.20. The molecular weight excluding hydrogens is 248 g/mol. The van der Waals surface area contributed by atoms with E-state index in [0.717, 1.165) is 11.3 Å². The molecule has 0 unspecified atom stereocenters. The fourth-order valence-electron chi connectivity index (χ4n) is 1.40. The van der Waals surface area contributed by atoms with Gasteiger partial charge in [-0.1, -0.05) is 18.2 Å². The van der Waals surface area contributed by atoms with E-state index in [2.05, 4.69) is 5.32 Å². The van der Waals surface area contributed by atoms with Crippen LogP contribution in [0.3, 0.4) is 0 Å². The molecule has 0 aromatic heterocycles. The Morgan fingerprint density at radius 2 is 2.11 bits per heavy atom. The molecule has 0 aliphatic rings. The minimum Gasteiger partial charge on any atom is -0.465 e. The number of thiocarbonyl (C=S) groups is 1. The minimum atomic E-state index is -0.283. The number of carbonyl (C=O) groups excluding carboxylic acids is 1. The Balaban J connectivity index is 2.55. The second-order valence-electron chi connectivity index (χ2n) is 3.91. The van der Waals surface area contributed by atoms with Crippen LogP contribution in [0.2, 0.25) is 0 Å². The van der Waals surface area contributed by atoms with Gasteiger partial charge in [0.05, 0.1) is 6.61 Å². The van der Waals surface area contributed by atoms with Gasteiger partial charge in [-0.3, -0.25) is 4.79 Å². The maximum atomic E-state index is 11.3. The third kappa shape index (κ3) is 4.33. The van der Waals surface area contributed by atoms with Gasteiger partial charge in [0.15, 0.2) is 5.11 Å². The summed E-state index contributed by atoms with van der Waals surface area (Å²) in [6.07, 6.45) is 0. The molecule has 0 fully saturated rings. The summed E-state index contributed by atoms with van der Waals surface area (Å²) in [5.41, 5.74) is 2.04. The fourth-order valence-corrected chi connectivity index (χ4v) is 1.57. The van der Waals surface area contributed by atoms with Crippen molar-refractivity contribution in [2.24, 2.45) is 0 Å². The van der Waals surface area contributed by atoms with Crippen LogP contribution in [0.1, 0.15) is 12.5 Å². The van der Waals surface area contributed by atoms with Gasteiger partial charge in [-0.2, -0.15) is 0 Å². The third-order valence-electron chi connectivity index (χ3n) is 2.40. The Bertz CT molecular complexity index is 435. The van der Waals surface area contributed by atoms with Crippen LogP contribution in [0.15, 0.2) is 24.3 Å². The van der Waals surface area contributed by atoms with Crippen molar-refractivity contribution in [1.29, 1.82) is 0 Å². The molecular formula is C13H18N2O2S. The average molecular weight is 266 g/mol. The van der Waals surface area contributed by atoms with Crippen LogP contribution >= 0.6 is 12.2 Å². The van der Waals surface area contributed by atoms with Crippen molar-refractivity contribution in [2.75, 3.05) is 25.5 Å². The summed E-state index contributed by atoms with van der Waals surface area (Å²) >= 11 is 5.23. The summed E-state index contributed by atoms with van der Waals surface area (Å²) in [4.78, 5) is 13.0. The van der Waals surface area contributed by atoms with Crippen LogP contribution in [0.5, 0.6) is 0 Å². The average Bonchev–Trinajstić information content (AvgIpc) is 2.32. The number of rotatable bonds is 4. The van der Waals surface area contributed by atoms with E-state index in [0.29, 0.717) is 11.7 Å². The van der Waals surface area contributed by atoms with Gasteiger partial charge in [-0.15, -0.1) is 0 Å². The second-order valence-corrected chi connectivity index (χ2v) is 4.29. The lowest BCUT2D eigenvalue weighted by atomic mass is 10.2. The molecule has 1 N–H and O–H groups in total. The number of esters is 1. The highest BCUT2D eigenvalue weighted by Gasteiger charge is 2.10. The SMILES string of the molecule is CCOC(=O)CN(C)C(=S)Nc1ccccc1C. The van der Waals surface area contributed by atoms with Crippen molar-refractivity contribution < 1.29 is 9.53 Å². The summed E-state index contributed by atoms with van der Waals surface area (Å²) in [6, 6.07) is 7.84. The number of hydrogen-bond donors (Lipinski definition) is 1. The van der Waals surface area contributed by atoms with Gasteiger partial charge < -0.3 is 15.0 Å². The molecule has 4 nitrogen and oxygen atoms in total. The van der Waals surface area contributed by atoms with Gasteiger partial charge >= 0.3 is 5.97 Å². The van der Waals surface area contributed by atoms with Gasteiger partial charge in [0.1, 0.15) is 6.54 Å². The number of nitrogens with zero attached hydrogens (tertiary/aromatic N) is 1. The quantitative estimate of drug-likeness (QED) is 0.668. The number of ether oxygens (including phenoxy) is 1. The number of benzene rings is 1. The summed E-state index contributed by atoms with van der Waals surface area (Å²) in [6.45, 7) is 4.30. The van der Waals surface area contributed by atoms with E-state index in [1.54, 1.807) is 18.9 Å². The van der Waals surface area contributed by atoms with E-state index in [1.807, 2.05) is 31.2 Å². The Morgan fingerprint density at radius 1 is 1.44 bits per heavy atom. The number of anilines is 1. The highest BCUT2D eigenvalue weighted by Crippen LogP contribution is 2.13. The molecule has 0 saturated heterocycles. The maximum absolute atomic E-state index is 11.3. The number of carbonyl (C=O) groups is 1. The van der Waals surface area contributed by atoms with Crippen molar-refractivity contribution in [3.8, 4) is 0 Å². The molecule has 1 aromatic rings. The maximum Gasteiger partial charge on any atom is 0.325 e. The summed E-state index contributed by atoms with van der Waals surface area (Å²) in [7, 11) is 1.75. The zero-order valence-corrected chi connectivity index (χ0v) is 11.7. The number of aryl methyl sites for hydroxylation is 1. The molecule has 0 atom stereocenters. The molecule has 1 aromatic carbocycles. The first kappa shape index (κ1) is 14.4. The van der Waals surface area contributed by atoms with E-state index in [1.165, 1.54) is 0 Å². The van der Waals surface area contributed by atoms with Gasteiger partial charge in [0.2, 0.25) is 0 Å². The minimum absolute atomic E-state index is 0.144. The van der Waals surface area contributed by atoms with E-state index in [9.17, 15) is 4.79 Å². The number of hydrogen-bond acceptors (Lipinski definition) is 3. The molecule has 0 bridgehead atoms. The number of likely N-dealkylation sites (N-methyl/N-ethyl adjacent to an activating group) is 1. The fraction of sp³-hybridized carbons (Fsp3) is 0.385. The molecule has 0 amide bonds. The molecule has 0 spiro atoms. The summed E-state index contributed by atoms with van der Waals surface area (Å²) in [5, 5.41) is 3.60. The Hall–Kier alpha value is -1.62. The first-order chi connectivity index (χ1) is 8.54. The number of nitrogens with one attached hydrogen (secondary N) is 1. The standard InChI is InChI=1S/C13H18N2O2S/c1-4-17-12(16)9-15(3)13(18)14-11-8-6-5-7-10(11)2/h5-8H,4,9H2,1-3H3,(H,14,18). The Morgan fingerprint density at radius 3 is 2.72 bits per heavy atom. The molecule has 98 valence electrons. The van der Waals surface area contributed by atoms with Crippen molar-refractivity contribution in [2.45, 2.75) is 13.8 Å².